The summed E-state index contributed by atoms with van der Waals surface area (Å²) in [4.78, 5) is 19.9. The van der Waals surface area contributed by atoms with Crippen LogP contribution < -0.4 is 0 Å². The zero-order valence-electron chi connectivity index (χ0n) is 7.69. The van der Waals surface area contributed by atoms with Crippen molar-refractivity contribution in [2.45, 2.75) is 13.8 Å². The van der Waals surface area contributed by atoms with Crippen LogP contribution in [0.5, 0.6) is 0 Å². The summed E-state index contributed by atoms with van der Waals surface area (Å²) in [7, 11) is -3.10. The zero-order valence-corrected chi connectivity index (χ0v) is 8.58. The highest BCUT2D eigenvalue weighted by Crippen LogP contribution is 2.60. The van der Waals surface area contributed by atoms with Gasteiger partial charge in [-0.15, -0.1) is 0 Å². The number of hydrogen-bond acceptors (Lipinski definition) is 4. The minimum Gasteiger partial charge on any atom is -0.481 e. The molecule has 0 aromatic rings. The van der Waals surface area contributed by atoms with E-state index in [4.69, 9.17) is 14.2 Å². The molecule has 0 aromatic heterocycles. The van der Waals surface area contributed by atoms with Gasteiger partial charge in [0.25, 0.3) is 0 Å². The summed E-state index contributed by atoms with van der Waals surface area (Å²) in [6.45, 7) is 4.53. The summed E-state index contributed by atoms with van der Waals surface area (Å²) < 4.78 is 10.1. The van der Waals surface area contributed by atoms with E-state index < -0.39 is 20.1 Å². The summed E-state index contributed by atoms with van der Waals surface area (Å²) in [5.41, 5.74) is -0.148. The van der Waals surface area contributed by atoms with Gasteiger partial charge in [0.1, 0.15) is 6.16 Å². The molecular formula is C7H14O5P. The number of carboxylic acid groups (broad SMARTS) is 1. The lowest BCUT2D eigenvalue weighted by Crippen LogP contribution is -2.33. The smallest absolute Gasteiger partial charge is 0.314 e. The summed E-state index contributed by atoms with van der Waals surface area (Å²) in [5, 5.41) is 8.47. The minimum absolute atomic E-state index is 0.148. The Morgan fingerprint density at radius 3 is 2.31 bits per heavy atom. The molecule has 0 saturated carbocycles. The lowest BCUT2D eigenvalue weighted by Gasteiger charge is -2.39. The van der Waals surface area contributed by atoms with Crippen LogP contribution in [0.4, 0.5) is 0 Å². The van der Waals surface area contributed by atoms with Crippen LogP contribution >= 0.6 is 7.94 Å². The first kappa shape index (κ1) is 10.9. The Morgan fingerprint density at radius 2 is 1.92 bits per heavy atom. The predicted octanol–water partition coefficient (Wildman–Crippen LogP) is 0.899. The van der Waals surface area contributed by atoms with Crippen LogP contribution in [0.3, 0.4) is 0 Å². The van der Waals surface area contributed by atoms with Crippen LogP contribution in [0.25, 0.3) is 0 Å². The lowest BCUT2D eigenvalue weighted by molar-refractivity contribution is -0.134. The van der Waals surface area contributed by atoms with Gasteiger partial charge in [-0.3, -0.25) is 4.79 Å². The Bertz CT molecular complexity index is 205. The normalized spacial score (nSPS) is 25.5. The van der Waals surface area contributed by atoms with Gasteiger partial charge in [0.2, 0.25) is 7.94 Å². The first-order valence-electron chi connectivity index (χ1n) is 3.95. The van der Waals surface area contributed by atoms with Crippen molar-refractivity contribution < 1.29 is 23.8 Å². The molecule has 0 amide bonds. The Morgan fingerprint density at radius 1 is 1.46 bits per heavy atom. The second-order valence-corrected chi connectivity index (χ2v) is 6.01. The molecule has 0 bridgehead atoms. The first-order valence-corrected chi connectivity index (χ1v) is 5.71. The van der Waals surface area contributed by atoms with Crippen molar-refractivity contribution in [3.05, 3.63) is 0 Å². The predicted molar refractivity (Wildman–Crippen MR) is 47.3 cm³/mol. The SMILES string of the molecule is CC1(C)CO[P](O)(CC(=O)O)OC1. The highest BCUT2D eigenvalue weighted by atomic mass is 31.2. The van der Waals surface area contributed by atoms with E-state index in [0.29, 0.717) is 13.2 Å². The van der Waals surface area contributed by atoms with Crippen LogP contribution in [-0.2, 0) is 13.8 Å². The van der Waals surface area contributed by atoms with Crippen LogP contribution in [0.15, 0.2) is 0 Å². The molecular weight excluding hydrogens is 195 g/mol. The maximum atomic E-state index is 10.3. The number of carbonyl (C=O) groups is 1. The third-order valence-corrected chi connectivity index (χ3v) is 3.38. The van der Waals surface area contributed by atoms with E-state index in [9.17, 15) is 9.69 Å². The lowest BCUT2D eigenvalue weighted by atomic mass is 9.97. The van der Waals surface area contributed by atoms with Crippen LogP contribution in [0, 0.1) is 5.41 Å². The van der Waals surface area contributed by atoms with Crippen LogP contribution in [0.1, 0.15) is 13.8 Å². The van der Waals surface area contributed by atoms with E-state index in [2.05, 4.69) is 0 Å². The van der Waals surface area contributed by atoms with E-state index in [1.54, 1.807) is 0 Å². The van der Waals surface area contributed by atoms with Crippen LogP contribution in [0.2, 0.25) is 0 Å². The number of carboxylic acids is 1. The number of rotatable bonds is 2. The van der Waals surface area contributed by atoms with Gasteiger partial charge in [0.15, 0.2) is 0 Å². The van der Waals surface area contributed by atoms with E-state index in [-0.39, 0.29) is 5.41 Å². The van der Waals surface area contributed by atoms with E-state index in [0.717, 1.165) is 0 Å². The summed E-state index contributed by atoms with van der Waals surface area (Å²) in [6.07, 6.45) is -0.441. The maximum absolute atomic E-state index is 10.3. The topological polar surface area (TPSA) is 76.0 Å². The molecule has 6 heteroatoms. The fraction of sp³-hybridized carbons (Fsp3) is 0.857. The largest absolute Gasteiger partial charge is 0.481 e. The average molecular weight is 209 g/mol. The molecule has 0 aliphatic carbocycles. The quantitative estimate of drug-likeness (QED) is 0.661. The molecule has 1 heterocycles. The third kappa shape index (κ3) is 3.19. The fourth-order valence-corrected chi connectivity index (χ4v) is 2.59. The average Bonchev–Trinajstić information content (AvgIpc) is 1.95. The van der Waals surface area contributed by atoms with Crippen molar-refractivity contribution in [2.75, 3.05) is 19.4 Å². The van der Waals surface area contributed by atoms with Gasteiger partial charge in [-0.25, -0.2) is 0 Å². The molecule has 1 rings (SSSR count). The van der Waals surface area contributed by atoms with Crippen molar-refractivity contribution in [2.24, 2.45) is 5.41 Å². The molecule has 2 N–H and O–H groups in total. The first-order chi connectivity index (χ1) is 5.83. The highest BCUT2D eigenvalue weighted by molar-refractivity contribution is 7.61. The molecule has 5 nitrogen and oxygen atoms in total. The Kier molecular flexibility index (Phi) is 2.92. The monoisotopic (exact) mass is 209 g/mol. The molecule has 0 spiro atoms. The Hall–Kier alpha value is -0.220. The third-order valence-electron chi connectivity index (χ3n) is 1.65. The molecule has 0 aromatic carbocycles. The summed E-state index contributed by atoms with van der Waals surface area (Å²) in [6, 6.07) is 0. The van der Waals surface area contributed by atoms with Crippen molar-refractivity contribution in [3.8, 4) is 0 Å². The van der Waals surface area contributed by atoms with Crippen molar-refractivity contribution in [3.63, 3.8) is 0 Å². The molecule has 1 saturated heterocycles. The van der Waals surface area contributed by atoms with Gasteiger partial charge < -0.3 is 19.0 Å². The molecule has 1 fully saturated rings. The highest BCUT2D eigenvalue weighted by Gasteiger charge is 2.39. The van der Waals surface area contributed by atoms with Gasteiger partial charge in [0, 0.05) is 5.41 Å². The fourth-order valence-electron chi connectivity index (χ4n) is 0.892. The van der Waals surface area contributed by atoms with Crippen molar-refractivity contribution in [1.82, 2.24) is 0 Å². The molecule has 13 heavy (non-hydrogen) atoms. The standard InChI is InChI=1S/C7H14O5P/c1-7(2)4-11-13(10,12-5-7)3-6(8)9/h10H,3-5H2,1-2H3,(H,8,9). The number of hydrogen-bond donors (Lipinski definition) is 2. The molecule has 0 unspecified atom stereocenters. The van der Waals surface area contributed by atoms with Gasteiger partial charge in [-0.1, -0.05) is 13.8 Å². The van der Waals surface area contributed by atoms with Crippen LogP contribution in [-0.4, -0.2) is 35.3 Å². The Balaban J connectivity index is 2.51. The zero-order chi connectivity index (χ0) is 10.1. The van der Waals surface area contributed by atoms with Gasteiger partial charge in [-0.05, 0) is 0 Å². The summed E-state index contributed by atoms with van der Waals surface area (Å²) in [5.74, 6) is -1.10. The molecule has 1 aliphatic rings. The van der Waals surface area contributed by atoms with Crippen molar-refractivity contribution in [1.29, 1.82) is 0 Å². The number of aliphatic carboxylic acids is 1. The van der Waals surface area contributed by atoms with Gasteiger partial charge in [0.05, 0.1) is 13.2 Å². The van der Waals surface area contributed by atoms with Gasteiger partial charge in [-0.2, -0.15) is 0 Å². The maximum Gasteiger partial charge on any atom is 0.314 e. The minimum atomic E-state index is -3.10. The van der Waals surface area contributed by atoms with Crippen molar-refractivity contribution >= 4 is 13.9 Å². The molecule has 1 radical (unpaired) electrons. The summed E-state index contributed by atoms with van der Waals surface area (Å²) >= 11 is 0. The van der Waals surface area contributed by atoms with E-state index in [1.165, 1.54) is 0 Å². The Labute approximate surface area is 77.2 Å². The second kappa shape index (κ2) is 3.50. The molecule has 1 aliphatic heterocycles. The second-order valence-electron chi connectivity index (χ2n) is 3.90. The van der Waals surface area contributed by atoms with Gasteiger partial charge >= 0.3 is 5.97 Å². The van der Waals surface area contributed by atoms with E-state index >= 15 is 0 Å². The molecule has 77 valence electrons. The van der Waals surface area contributed by atoms with E-state index in [1.807, 2.05) is 13.8 Å². The molecule has 0 atom stereocenters.